The first-order valence-corrected chi connectivity index (χ1v) is 15.5. The Labute approximate surface area is 259 Å². The monoisotopic (exact) mass is 571 g/mol. The molecule has 4 heteroatoms. The number of nitrogens with two attached hydrogens (primary N) is 1. The van der Waals surface area contributed by atoms with Crippen LogP contribution < -0.4 is 15.5 Å². The minimum Gasteiger partial charge on any atom is -0.399 e. The van der Waals surface area contributed by atoms with Crippen LogP contribution in [0.4, 0.5) is 17.1 Å². The van der Waals surface area contributed by atoms with E-state index >= 15 is 0 Å². The molecule has 3 aromatic rings. The number of nitrogens with zero attached hydrogens (tertiary/aromatic N) is 3. The number of nitrogen functional groups attached to an aromatic ring is 1. The van der Waals surface area contributed by atoms with E-state index in [1.54, 1.807) is 0 Å². The van der Waals surface area contributed by atoms with Gasteiger partial charge in [-0.3, -0.25) is 0 Å². The van der Waals surface area contributed by atoms with Crippen molar-refractivity contribution in [1.82, 2.24) is 0 Å². The van der Waals surface area contributed by atoms with Gasteiger partial charge in [0.1, 0.15) is 14.1 Å². The lowest BCUT2D eigenvalue weighted by atomic mass is 9.94. The molecule has 0 bridgehead atoms. The third kappa shape index (κ3) is 7.84. The van der Waals surface area contributed by atoms with Crippen molar-refractivity contribution in [2.24, 2.45) is 0 Å². The molecule has 0 saturated heterocycles. The SMILES string of the molecule is CCN(CC)c1ccc(C(/C=C/C=C(\c2ccc(N)cc2)c2ccc(N(CC)CC)cc2)=C2C=CC(=[N+](C)C)C=C2)cc1. The summed E-state index contributed by atoms with van der Waals surface area (Å²) in [5, 5.41) is 0. The molecule has 0 saturated carbocycles. The van der Waals surface area contributed by atoms with E-state index in [-0.39, 0.29) is 0 Å². The zero-order chi connectivity index (χ0) is 30.8. The quantitative estimate of drug-likeness (QED) is 0.143. The molecule has 0 atom stereocenters. The second-order valence-corrected chi connectivity index (χ2v) is 10.9. The van der Waals surface area contributed by atoms with E-state index in [0.717, 1.165) is 43.0 Å². The molecule has 2 N–H and O–H groups in total. The van der Waals surface area contributed by atoms with Crippen LogP contribution in [0.3, 0.4) is 0 Å². The van der Waals surface area contributed by atoms with Gasteiger partial charge in [0.2, 0.25) is 0 Å². The normalized spacial score (nSPS) is 13.1. The first kappa shape index (κ1) is 31.4. The second kappa shape index (κ2) is 15.1. The third-order valence-electron chi connectivity index (χ3n) is 8.06. The highest BCUT2D eigenvalue weighted by atomic mass is 15.1. The summed E-state index contributed by atoms with van der Waals surface area (Å²) in [6.07, 6.45) is 15.4. The van der Waals surface area contributed by atoms with Gasteiger partial charge < -0.3 is 15.5 Å². The average molecular weight is 572 g/mol. The Bertz CT molecular complexity index is 1520. The van der Waals surface area contributed by atoms with Gasteiger partial charge in [-0.05, 0) is 110 Å². The van der Waals surface area contributed by atoms with Crippen molar-refractivity contribution in [2.75, 3.05) is 55.8 Å². The van der Waals surface area contributed by atoms with E-state index in [1.165, 1.54) is 39.4 Å². The first-order valence-electron chi connectivity index (χ1n) is 15.5. The van der Waals surface area contributed by atoms with Crippen molar-refractivity contribution in [2.45, 2.75) is 27.7 Å². The van der Waals surface area contributed by atoms with Crippen LogP contribution in [0.2, 0.25) is 0 Å². The molecule has 0 amide bonds. The molecule has 0 unspecified atom stereocenters. The van der Waals surface area contributed by atoms with Crippen molar-refractivity contribution < 1.29 is 4.58 Å². The molecular formula is C39H47N4+. The predicted octanol–water partition coefficient (Wildman–Crippen LogP) is 8.24. The third-order valence-corrected chi connectivity index (χ3v) is 8.06. The topological polar surface area (TPSA) is 35.5 Å². The zero-order valence-electron chi connectivity index (χ0n) is 26.7. The Morgan fingerprint density at radius 3 is 1.51 bits per heavy atom. The number of hydrogen-bond donors (Lipinski definition) is 1. The van der Waals surface area contributed by atoms with Gasteiger partial charge in [0, 0.05) is 55.4 Å². The maximum atomic E-state index is 6.05. The number of benzene rings is 3. The van der Waals surface area contributed by atoms with E-state index in [4.69, 9.17) is 5.73 Å². The highest BCUT2D eigenvalue weighted by Crippen LogP contribution is 2.29. The van der Waals surface area contributed by atoms with E-state index in [2.05, 4.69) is 159 Å². The summed E-state index contributed by atoms with van der Waals surface area (Å²) in [4.78, 5) is 4.74. The van der Waals surface area contributed by atoms with Gasteiger partial charge in [-0.1, -0.05) is 54.6 Å². The number of allylic oxidation sites excluding steroid dienone is 9. The molecule has 0 aromatic heterocycles. The number of hydrogen-bond acceptors (Lipinski definition) is 3. The molecule has 0 fully saturated rings. The van der Waals surface area contributed by atoms with Crippen LogP contribution in [-0.4, -0.2) is 50.6 Å². The summed E-state index contributed by atoms with van der Waals surface area (Å²) in [6, 6.07) is 26.0. The molecule has 3 aromatic carbocycles. The molecule has 0 radical (unpaired) electrons. The molecule has 43 heavy (non-hydrogen) atoms. The maximum absolute atomic E-state index is 6.05. The van der Waals surface area contributed by atoms with E-state index in [1.807, 2.05) is 12.1 Å². The second-order valence-electron chi connectivity index (χ2n) is 10.9. The summed E-state index contributed by atoms with van der Waals surface area (Å²) in [5.41, 5.74) is 17.5. The molecule has 222 valence electrons. The molecule has 0 spiro atoms. The van der Waals surface area contributed by atoms with E-state index in [9.17, 15) is 0 Å². The molecule has 4 nitrogen and oxygen atoms in total. The van der Waals surface area contributed by atoms with Gasteiger partial charge in [0.25, 0.3) is 0 Å². The van der Waals surface area contributed by atoms with Gasteiger partial charge in [0.15, 0.2) is 5.71 Å². The lowest BCUT2D eigenvalue weighted by Crippen LogP contribution is -2.21. The highest BCUT2D eigenvalue weighted by Gasteiger charge is 2.11. The Morgan fingerprint density at radius 2 is 1.07 bits per heavy atom. The fourth-order valence-electron chi connectivity index (χ4n) is 5.44. The summed E-state index contributed by atoms with van der Waals surface area (Å²) >= 11 is 0. The van der Waals surface area contributed by atoms with Gasteiger partial charge >= 0.3 is 0 Å². The Morgan fingerprint density at radius 1 is 0.628 bits per heavy atom. The van der Waals surface area contributed by atoms with Crippen molar-refractivity contribution in [3.8, 4) is 0 Å². The van der Waals surface area contributed by atoms with Crippen molar-refractivity contribution >= 4 is 33.9 Å². The molecule has 4 rings (SSSR count). The molecule has 1 aliphatic carbocycles. The summed E-state index contributed by atoms with van der Waals surface area (Å²) in [5.74, 6) is 0. The molecule has 0 aliphatic heterocycles. The van der Waals surface area contributed by atoms with Crippen molar-refractivity contribution in [1.29, 1.82) is 0 Å². The van der Waals surface area contributed by atoms with Gasteiger partial charge in [-0.2, -0.15) is 0 Å². The van der Waals surface area contributed by atoms with Crippen molar-refractivity contribution in [3.05, 3.63) is 138 Å². The van der Waals surface area contributed by atoms with Crippen LogP contribution >= 0.6 is 0 Å². The first-order chi connectivity index (χ1) is 20.9. The Hall–Kier alpha value is -4.57. The van der Waals surface area contributed by atoms with Gasteiger partial charge in [-0.15, -0.1) is 0 Å². The summed E-state index contributed by atoms with van der Waals surface area (Å²) in [7, 11) is 4.15. The lowest BCUT2D eigenvalue weighted by Gasteiger charge is -2.21. The number of anilines is 3. The fraction of sp³-hybridized carbons (Fsp3) is 0.256. The van der Waals surface area contributed by atoms with Gasteiger partial charge in [-0.25, -0.2) is 4.58 Å². The Balaban J connectivity index is 1.78. The van der Waals surface area contributed by atoms with E-state index < -0.39 is 0 Å². The molecular weight excluding hydrogens is 524 g/mol. The number of rotatable bonds is 11. The van der Waals surface area contributed by atoms with Gasteiger partial charge in [0.05, 0.1) is 0 Å². The molecule has 0 heterocycles. The van der Waals surface area contributed by atoms with Crippen molar-refractivity contribution in [3.63, 3.8) is 0 Å². The Kier molecular flexibility index (Phi) is 11.0. The van der Waals surface area contributed by atoms with Crippen LogP contribution in [-0.2, 0) is 0 Å². The highest BCUT2D eigenvalue weighted by molar-refractivity contribution is 6.03. The van der Waals surface area contributed by atoms with Crippen LogP contribution in [0.25, 0.3) is 11.1 Å². The lowest BCUT2D eigenvalue weighted by molar-refractivity contribution is -0.462. The fourth-order valence-corrected chi connectivity index (χ4v) is 5.44. The van der Waals surface area contributed by atoms with E-state index in [0.29, 0.717) is 0 Å². The van der Waals surface area contributed by atoms with Crippen LogP contribution in [0, 0.1) is 0 Å². The average Bonchev–Trinajstić information content (AvgIpc) is 3.04. The summed E-state index contributed by atoms with van der Waals surface area (Å²) in [6.45, 7) is 12.8. The van der Waals surface area contributed by atoms with Crippen LogP contribution in [0.1, 0.15) is 44.4 Å². The minimum atomic E-state index is 0.764. The smallest absolute Gasteiger partial charge is 0.199 e. The predicted molar refractivity (Wildman–Crippen MR) is 189 cm³/mol. The minimum absolute atomic E-state index is 0.764. The maximum Gasteiger partial charge on any atom is 0.199 e. The zero-order valence-corrected chi connectivity index (χ0v) is 26.7. The standard InChI is InChI=1S/C39H46N4/c1-7-42(8-2)36-26-18-32(19-27-36)38(30-14-22-34(40)23-15-30)12-11-13-39(31-16-24-35(25-17-31)41(5)6)33-20-28-37(29-21-33)43(9-3)10-4/h11-29,40H,7-10H2,1-6H3/p+1. The molecule has 1 aliphatic rings. The van der Waals surface area contributed by atoms with Crippen LogP contribution in [0.5, 0.6) is 0 Å². The van der Waals surface area contributed by atoms with Crippen LogP contribution in [0.15, 0.2) is 121 Å². The largest absolute Gasteiger partial charge is 0.399 e. The summed E-state index contributed by atoms with van der Waals surface area (Å²) < 4.78 is 2.13.